The molecule has 30 heavy (non-hydrogen) atoms. The minimum atomic E-state index is -0.354. The number of aryl methyl sites for hydroxylation is 2. The fourth-order valence-electron chi connectivity index (χ4n) is 3.91. The standard InChI is InChI=1S/C22H21N5O2S/c23-19-15-11-13-7-3-1-6-10-16(13)24-22(15)30-20(19)21(29)25-17-12-18(28)27(26-17)14-8-4-2-5-9-14/h2,4-5,8-9,11-12,26H,1,3,6-7,10,23H2,(H,25,29). The number of nitrogens with one attached hydrogen (secondary N) is 2. The lowest BCUT2D eigenvalue weighted by atomic mass is 10.1. The monoisotopic (exact) mass is 419 g/mol. The normalized spacial score (nSPS) is 13.7. The molecule has 8 heteroatoms. The Morgan fingerprint density at radius 2 is 1.93 bits per heavy atom. The van der Waals surface area contributed by atoms with Crippen LogP contribution >= 0.6 is 11.3 Å². The maximum atomic E-state index is 12.9. The molecule has 5 rings (SSSR count). The van der Waals surface area contributed by atoms with E-state index < -0.39 is 0 Å². The van der Waals surface area contributed by atoms with Gasteiger partial charge in [0.15, 0.2) is 0 Å². The van der Waals surface area contributed by atoms with Crippen LogP contribution in [0, 0.1) is 0 Å². The average molecular weight is 420 g/mol. The average Bonchev–Trinajstić information content (AvgIpc) is 3.17. The zero-order valence-electron chi connectivity index (χ0n) is 16.3. The van der Waals surface area contributed by atoms with Crippen molar-refractivity contribution in [3.63, 3.8) is 0 Å². The molecule has 0 unspecified atom stereocenters. The summed E-state index contributed by atoms with van der Waals surface area (Å²) in [5.41, 5.74) is 9.56. The summed E-state index contributed by atoms with van der Waals surface area (Å²) in [6.45, 7) is 0. The van der Waals surface area contributed by atoms with Crippen molar-refractivity contribution >= 4 is 39.0 Å². The Morgan fingerprint density at radius 1 is 1.13 bits per heavy atom. The molecule has 0 radical (unpaired) electrons. The molecule has 1 aliphatic rings. The van der Waals surface area contributed by atoms with Gasteiger partial charge in [-0.2, -0.15) is 0 Å². The number of aromatic nitrogens is 3. The lowest BCUT2D eigenvalue weighted by Gasteiger charge is -2.05. The number of benzene rings is 1. The van der Waals surface area contributed by atoms with Gasteiger partial charge < -0.3 is 11.1 Å². The molecule has 152 valence electrons. The molecule has 0 bridgehead atoms. The van der Waals surface area contributed by atoms with E-state index in [1.165, 1.54) is 34.1 Å². The Labute approximate surface area is 176 Å². The van der Waals surface area contributed by atoms with Gasteiger partial charge in [-0.05, 0) is 49.4 Å². The van der Waals surface area contributed by atoms with Crippen LogP contribution in [0.5, 0.6) is 0 Å². The first-order valence-corrected chi connectivity index (χ1v) is 10.8. The van der Waals surface area contributed by atoms with E-state index in [-0.39, 0.29) is 11.5 Å². The van der Waals surface area contributed by atoms with Gasteiger partial charge >= 0.3 is 0 Å². The van der Waals surface area contributed by atoms with Crippen LogP contribution in [0.15, 0.2) is 47.3 Å². The Bertz CT molecular complexity index is 1300. The van der Waals surface area contributed by atoms with Gasteiger partial charge in [0.1, 0.15) is 15.5 Å². The molecule has 0 spiro atoms. The third-order valence-electron chi connectivity index (χ3n) is 5.44. The first-order valence-electron chi connectivity index (χ1n) is 10.00. The summed E-state index contributed by atoms with van der Waals surface area (Å²) < 4.78 is 1.38. The molecule has 1 aromatic carbocycles. The number of hydrogen-bond acceptors (Lipinski definition) is 5. The van der Waals surface area contributed by atoms with Crippen LogP contribution in [-0.4, -0.2) is 20.7 Å². The topological polar surface area (TPSA) is 106 Å². The Balaban J connectivity index is 1.45. The number of aromatic amines is 1. The van der Waals surface area contributed by atoms with Crippen LogP contribution in [0.1, 0.15) is 40.2 Å². The number of fused-ring (bicyclic) bond motifs is 2. The van der Waals surface area contributed by atoms with Crippen LogP contribution in [0.2, 0.25) is 0 Å². The quantitative estimate of drug-likeness (QED) is 0.438. The number of carbonyl (C=O) groups excluding carboxylic acids is 1. The number of nitrogens with zero attached hydrogens (tertiary/aromatic N) is 2. The number of anilines is 2. The summed E-state index contributed by atoms with van der Waals surface area (Å²) in [7, 11) is 0. The van der Waals surface area contributed by atoms with Crippen molar-refractivity contribution in [1.82, 2.24) is 14.8 Å². The number of nitrogens with two attached hydrogens (primary N) is 1. The fraction of sp³-hybridized carbons (Fsp3) is 0.227. The molecule has 4 N–H and O–H groups in total. The van der Waals surface area contributed by atoms with Crippen molar-refractivity contribution in [2.24, 2.45) is 0 Å². The van der Waals surface area contributed by atoms with E-state index in [2.05, 4.69) is 16.5 Å². The van der Waals surface area contributed by atoms with Gasteiger partial charge in [0.25, 0.3) is 11.5 Å². The third-order valence-corrected chi connectivity index (χ3v) is 6.55. The molecule has 0 saturated carbocycles. The lowest BCUT2D eigenvalue weighted by Crippen LogP contribution is -2.13. The molecule has 4 aromatic rings. The van der Waals surface area contributed by atoms with Gasteiger partial charge in [0, 0.05) is 17.1 Å². The van der Waals surface area contributed by atoms with Gasteiger partial charge in [-0.25, -0.2) is 9.67 Å². The summed E-state index contributed by atoms with van der Waals surface area (Å²) in [6.07, 6.45) is 5.49. The van der Waals surface area contributed by atoms with E-state index in [1.807, 2.05) is 30.3 Å². The highest BCUT2D eigenvalue weighted by molar-refractivity contribution is 7.21. The summed E-state index contributed by atoms with van der Waals surface area (Å²) in [5.74, 6) is -0.0402. The van der Waals surface area contributed by atoms with E-state index in [0.29, 0.717) is 22.1 Å². The van der Waals surface area contributed by atoms with Crippen molar-refractivity contribution in [3.8, 4) is 5.69 Å². The predicted molar refractivity (Wildman–Crippen MR) is 120 cm³/mol. The van der Waals surface area contributed by atoms with E-state index in [0.717, 1.165) is 41.6 Å². The van der Waals surface area contributed by atoms with Crippen molar-refractivity contribution in [2.45, 2.75) is 32.1 Å². The molecular weight excluding hydrogens is 398 g/mol. The number of hydrogen-bond donors (Lipinski definition) is 3. The van der Waals surface area contributed by atoms with Crippen LogP contribution in [0.4, 0.5) is 11.5 Å². The van der Waals surface area contributed by atoms with Crippen molar-refractivity contribution < 1.29 is 4.79 Å². The molecular formula is C22H21N5O2S. The molecule has 0 aliphatic heterocycles. The van der Waals surface area contributed by atoms with E-state index in [4.69, 9.17) is 10.7 Å². The molecule has 3 aromatic heterocycles. The second kappa shape index (κ2) is 7.46. The van der Waals surface area contributed by atoms with Crippen LogP contribution in [0.25, 0.3) is 15.9 Å². The van der Waals surface area contributed by atoms with Gasteiger partial charge in [0.05, 0.1) is 11.4 Å². The highest BCUT2D eigenvalue weighted by Gasteiger charge is 2.21. The van der Waals surface area contributed by atoms with Crippen LogP contribution in [-0.2, 0) is 12.8 Å². The second-order valence-corrected chi connectivity index (χ2v) is 8.48. The van der Waals surface area contributed by atoms with Gasteiger partial charge in [-0.15, -0.1) is 11.3 Å². The zero-order valence-corrected chi connectivity index (χ0v) is 17.1. The van der Waals surface area contributed by atoms with E-state index >= 15 is 0 Å². The Kier molecular flexibility index (Phi) is 4.63. The van der Waals surface area contributed by atoms with Gasteiger partial charge in [-0.1, -0.05) is 24.6 Å². The summed E-state index contributed by atoms with van der Waals surface area (Å²) >= 11 is 1.29. The number of thiophene rings is 1. The molecule has 1 aliphatic carbocycles. The van der Waals surface area contributed by atoms with Crippen LogP contribution in [0.3, 0.4) is 0 Å². The molecule has 1 amide bonds. The highest BCUT2D eigenvalue weighted by atomic mass is 32.1. The largest absolute Gasteiger partial charge is 0.397 e. The summed E-state index contributed by atoms with van der Waals surface area (Å²) in [6, 6.07) is 12.6. The third kappa shape index (κ3) is 3.29. The Hall–Kier alpha value is -3.39. The smallest absolute Gasteiger partial charge is 0.273 e. The van der Waals surface area contributed by atoms with Crippen molar-refractivity contribution in [1.29, 1.82) is 0 Å². The van der Waals surface area contributed by atoms with Crippen molar-refractivity contribution in [2.75, 3.05) is 11.1 Å². The fourth-order valence-corrected chi connectivity index (χ4v) is 4.90. The molecule has 3 heterocycles. The SMILES string of the molecule is Nc1c(C(=O)Nc2cc(=O)n(-c3ccccc3)[nH]2)sc2nc3c(cc12)CCCCC3. The maximum absolute atomic E-state index is 12.9. The molecule has 7 nitrogen and oxygen atoms in total. The van der Waals surface area contributed by atoms with E-state index in [1.54, 1.807) is 0 Å². The highest BCUT2D eigenvalue weighted by Crippen LogP contribution is 2.35. The molecule has 0 saturated heterocycles. The van der Waals surface area contributed by atoms with Gasteiger partial charge in [-0.3, -0.25) is 14.7 Å². The number of carbonyl (C=O) groups is 1. The number of rotatable bonds is 3. The van der Waals surface area contributed by atoms with Crippen molar-refractivity contribution in [3.05, 3.63) is 69.0 Å². The number of amides is 1. The number of H-pyrrole nitrogens is 1. The number of pyridine rings is 1. The maximum Gasteiger partial charge on any atom is 0.273 e. The van der Waals surface area contributed by atoms with E-state index in [9.17, 15) is 9.59 Å². The first-order chi connectivity index (χ1) is 14.6. The lowest BCUT2D eigenvalue weighted by molar-refractivity contribution is 0.103. The number of para-hydroxylation sites is 1. The summed E-state index contributed by atoms with van der Waals surface area (Å²) in [5, 5.41) is 6.52. The second-order valence-electron chi connectivity index (χ2n) is 7.49. The predicted octanol–water partition coefficient (Wildman–Crippen LogP) is 3.88. The minimum Gasteiger partial charge on any atom is -0.397 e. The van der Waals surface area contributed by atoms with Crippen LogP contribution < -0.4 is 16.6 Å². The molecule has 0 fully saturated rings. The first kappa shape index (κ1) is 18.6. The zero-order chi connectivity index (χ0) is 20.7. The summed E-state index contributed by atoms with van der Waals surface area (Å²) in [4.78, 5) is 31.2. The minimum absolute atomic E-state index is 0.258. The molecule has 0 atom stereocenters. The Morgan fingerprint density at radius 3 is 2.77 bits per heavy atom. The van der Waals surface area contributed by atoms with Gasteiger partial charge in [0.2, 0.25) is 0 Å². The number of nitrogen functional groups attached to an aromatic ring is 1.